The van der Waals surface area contributed by atoms with E-state index in [1.807, 2.05) is 62.4 Å². The number of rotatable bonds is 7. The standard InChI is InChI=1S/C9H10O2.C8H8O2.C6H7NO3S.C6H7NO2S.C2H6/c10-9(11)7-6-8-4-2-1-3-5-8;9-8(10)6-7-4-2-1-3-5-7;7-11(10)4-1-2-5(8)6(9)3-4;7-10-4-1-2-5(8)6(9)3-4;1-2/h1-5H,6-7H2,(H,10,11);1-5H,6H2,(H,9,10);1-3,8-9H,7H2;1-3,8-9H,7H2;1-2H3. The maximum atomic E-state index is 10.6. The molecule has 4 rings (SSSR count). The maximum absolute atomic E-state index is 10.6. The summed E-state index contributed by atoms with van der Waals surface area (Å²) >= 11 is 1.02. The van der Waals surface area contributed by atoms with E-state index in [0.29, 0.717) is 6.42 Å². The van der Waals surface area contributed by atoms with Crippen LogP contribution in [0.2, 0.25) is 0 Å². The Balaban J connectivity index is 0.000000550. The number of carbonyl (C=O) groups is 2. The molecule has 4 aromatic rings. The Morgan fingerprint density at radius 2 is 1.16 bits per heavy atom. The van der Waals surface area contributed by atoms with Crippen LogP contribution in [-0.4, -0.2) is 46.8 Å². The van der Waals surface area contributed by atoms with Gasteiger partial charge in [-0.25, -0.2) is 9.35 Å². The third-order valence-electron chi connectivity index (χ3n) is 4.93. The number of carboxylic acids is 2. The van der Waals surface area contributed by atoms with Gasteiger partial charge in [-0.1, -0.05) is 74.5 Å². The number of nitrogens with two attached hydrogens (primary N) is 2. The van der Waals surface area contributed by atoms with Gasteiger partial charge in [0.15, 0.2) is 23.0 Å². The summed E-state index contributed by atoms with van der Waals surface area (Å²) in [6.45, 7) is 4.00. The van der Waals surface area contributed by atoms with Crippen molar-refractivity contribution in [1.82, 2.24) is 0 Å². The van der Waals surface area contributed by atoms with E-state index in [0.717, 1.165) is 34.0 Å². The molecule has 0 aliphatic carbocycles. The van der Waals surface area contributed by atoms with E-state index in [2.05, 4.69) is 0 Å². The van der Waals surface area contributed by atoms with Gasteiger partial charge >= 0.3 is 11.9 Å². The van der Waals surface area contributed by atoms with Gasteiger partial charge in [-0.15, -0.1) is 0 Å². The molecule has 0 saturated carbocycles. The van der Waals surface area contributed by atoms with E-state index in [9.17, 15) is 13.8 Å². The molecule has 11 nitrogen and oxygen atoms in total. The second-order valence-corrected chi connectivity index (χ2v) is 9.93. The first kappa shape index (κ1) is 39.4. The van der Waals surface area contributed by atoms with Gasteiger partial charge in [0.25, 0.3) is 0 Å². The molecule has 0 heterocycles. The number of carboxylic acid groups (broad SMARTS) is 2. The predicted molar refractivity (Wildman–Crippen MR) is 172 cm³/mol. The molecule has 0 spiro atoms. The third-order valence-corrected chi connectivity index (χ3v) is 6.18. The molecule has 0 radical (unpaired) electrons. The van der Waals surface area contributed by atoms with Crippen LogP contribution in [0.25, 0.3) is 0 Å². The van der Waals surface area contributed by atoms with Gasteiger partial charge in [-0.3, -0.25) is 14.7 Å². The van der Waals surface area contributed by atoms with Crippen molar-refractivity contribution in [2.24, 2.45) is 10.3 Å². The molecule has 0 aliphatic rings. The van der Waals surface area contributed by atoms with Crippen molar-refractivity contribution in [3.8, 4) is 23.0 Å². The van der Waals surface area contributed by atoms with Gasteiger partial charge in [0, 0.05) is 17.4 Å². The highest BCUT2D eigenvalue weighted by molar-refractivity contribution is 7.97. The summed E-state index contributed by atoms with van der Waals surface area (Å²) in [6, 6.07) is 26.9. The number of phenols is 4. The van der Waals surface area contributed by atoms with Crippen molar-refractivity contribution in [2.75, 3.05) is 0 Å². The minimum atomic E-state index is -1.62. The first-order valence-corrected chi connectivity index (χ1v) is 15.1. The molecule has 44 heavy (non-hydrogen) atoms. The Morgan fingerprint density at radius 1 is 0.682 bits per heavy atom. The van der Waals surface area contributed by atoms with Crippen LogP contribution in [-0.2, 0) is 33.4 Å². The molecule has 0 aromatic heterocycles. The van der Waals surface area contributed by atoms with Gasteiger partial charge in [0.05, 0.1) is 11.3 Å². The zero-order valence-corrected chi connectivity index (χ0v) is 25.9. The topological polar surface area (TPSA) is 225 Å². The monoisotopic (exact) mass is 646 g/mol. The van der Waals surface area contributed by atoms with Crippen LogP contribution in [0.15, 0.2) is 107 Å². The summed E-state index contributed by atoms with van der Waals surface area (Å²) < 4.78 is 10.6. The smallest absolute Gasteiger partial charge is 0.307 e. The second kappa shape index (κ2) is 23.0. The summed E-state index contributed by atoms with van der Waals surface area (Å²) in [5.41, 5.74) is 1.92. The fourth-order valence-electron chi connectivity index (χ4n) is 2.87. The number of aryl methyl sites for hydroxylation is 1. The van der Waals surface area contributed by atoms with Crippen LogP contribution in [0.1, 0.15) is 31.4 Å². The largest absolute Gasteiger partial charge is 0.504 e. The lowest BCUT2D eigenvalue weighted by molar-refractivity contribution is -0.137. The molecule has 0 aliphatic heterocycles. The number of hydrogen-bond acceptors (Lipinski definition) is 9. The Bertz CT molecular complexity index is 1420. The number of aromatic hydroxyl groups is 4. The second-order valence-electron chi connectivity index (χ2n) is 8.15. The van der Waals surface area contributed by atoms with E-state index >= 15 is 0 Å². The molecule has 1 unspecified atom stereocenters. The summed E-state index contributed by atoms with van der Waals surface area (Å²) in [4.78, 5) is 21.3. The highest BCUT2D eigenvalue weighted by Crippen LogP contribution is 2.27. The van der Waals surface area contributed by atoms with Crippen molar-refractivity contribution in [3.63, 3.8) is 0 Å². The Morgan fingerprint density at radius 3 is 1.57 bits per heavy atom. The average Bonchev–Trinajstić information content (AvgIpc) is 3.01. The predicted octanol–water partition coefficient (Wildman–Crippen LogP) is 5.19. The number of hydrogen-bond donors (Lipinski definition) is 8. The first-order chi connectivity index (χ1) is 20.9. The van der Waals surface area contributed by atoms with Crippen molar-refractivity contribution in [3.05, 3.63) is 108 Å². The van der Waals surface area contributed by atoms with E-state index in [4.69, 9.17) is 40.9 Å². The van der Waals surface area contributed by atoms with E-state index in [-0.39, 0.29) is 40.7 Å². The zero-order chi connectivity index (χ0) is 33.5. The molecule has 13 heteroatoms. The Kier molecular flexibility index (Phi) is 20.6. The van der Waals surface area contributed by atoms with E-state index in [1.54, 1.807) is 18.2 Å². The lowest BCUT2D eigenvalue weighted by Crippen LogP contribution is -2.01. The highest BCUT2D eigenvalue weighted by Gasteiger charge is 2.03. The van der Waals surface area contributed by atoms with Gasteiger partial charge < -0.3 is 30.6 Å². The van der Waals surface area contributed by atoms with Crippen molar-refractivity contribution in [1.29, 1.82) is 0 Å². The molecule has 0 amide bonds. The molecule has 0 bridgehead atoms. The summed E-state index contributed by atoms with van der Waals surface area (Å²) in [6.07, 6.45) is 0.945. The van der Waals surface area contributed by atoms with Gasteiger partial charge in [0.1, 0.15) is 11.0 Å². The average molecular weight is 647 g/mol. The van der Waals surface area contributed by atoms with Crippen LogP contribution < -0.4 is 10.3 Å². The quantitative estimate of drug-likeness (QED) is 0.0963. The fourth-order valence-corrected chi connectivity index (χ4v) is 3.63. The lowest BCUT2D eigenvalue weighted by Gasteiger charge is -1.98. The van der Waals surface area contributed by atoms with Crippen molar-refractivity contribution < 1.29 is 44.4 Å². The lowest BCUT2D eigenvalue weighted by atomic mass is 10.1. The maximum Gasteiger partial charge on any atom is 0.307 e. The van der Waals surface area contributed by atoms with Gasteiger partial charge in [-0.2, -0.15) is 0 Å². The molecular weight excluding hydrogens is 608 g/mol. The zero-order valence-electron chi connectivity index (χ0n) is 24.2. The number of aliphatic carboxylic acids is 2. The first-order valence-electron chi connectivity index (χ1n) is 13.0. The molecule has 4 aromatic carbocycles. The minimum Gasteiger partial charge on any atom is -0.504 e. The van der Waals surface area contributed by atoms with Crippen LogP contribution in [0.4, 0.5) is 0 Å². The summed E-state index contributed by atoms with van der Waals surface area (Å²) in [5.74, 6) is -2.37. The number of phenolic OH excluding ortho intramolecular Hbond substituents is 4. The van der Waals surface area contributed by atoms with Crippen molar-refractivity contribution in [2.45, 2.75) is 42.9 Å². The van der Waals surface area contributed by atoms with Crippen LogP contribution >= 0.6 is 11.9 Å². The molecule has 238 valence electrons. The molecule has 0 saturated heterocycles. The Labute approximate surface area is 263 Å². The van der Waals surface area contributed by atoms with E-state index < -0.39 is 22.9 Å². The summed E-state index contributed by atoms with van der Waals surface area (Å²) in [5, 5.41) is 62.4. The summed E-state index contributed by atoms with van der Waals surface area (Å²) in [7, 11) is -1.62. The van der Waals surface area contributed by atoms with E-state index in [1.165, 1.54) is 24.3 Å². The third kappa shape index (κ3) is 18.1. The Hall–Kier alpha value is -4.56. The molecule has 0 fully saturated rings. The fraction of sp³-hybridized carbons (Fsp3) is 0.161. The molecular formula is C31H38N2O9S2. The van der Waals surface area contributed by atoms with Gasteiger partial charge in [0.2, 0.25) is 0 Å². The minimum absolute atomic E-state index is 0.112. The van der Waals surface area contributed by atoms with Crippen LogP contribution in [0.5, 0.6) is 23.0 Å². The molecule has 1 atom stereocenters. The highest BCUT2D eigenvalue weighted by atomic mass is 32.2. The van der Waals surface area contributed by atoms with Crippen LogP contribution in [0, 0.1) is 0 Å². The number of benzene rings is 4. The van der Waals surface area contributed by atoms with Crippen LogP contribution in [0.3, 0.4) is 0 Å². The molecule has 10 N–H and O–H groups in total. The SMILES string of the molecule is CC.NS(=O)c1ccc(O)c(O)c1.NSc1ccc(O)c(O)c1.O=C(O)CCc1ccccc1.O=C(O)Cc1ccccc1. The van der Waals surface area contributed by atoms with Crippen molar-refractivity contribution >= 4 is 34.9 Å². The van der Waals surface area contributed by atoms with Gasteiger partial charge in [-0.05, 0) is 59.8 Å². The normalized spacial score (nSPS) is 10.0.